The second kappa shape index (κ2) is 7.23. The van der Waals surface area contributed by atoms with Crippen molar-refractivity contribution >= 4 is 0 Å². The zero-order chi connectivity index (χ0) is 15.2. The van der Waals surface area contributed by atoms with Crippen molar-refractivity contribution in [2.75, 3.05) is 13.7 Å². The van der Waals surface area contributed by atoms with Crippen molar-refractivity contribution in [2.45, 2.75) is 26.8 Å². The number of ether oxygens (including phenoxy) is 1. The first kappa shape index (κ1) is 15.5. The third-order valence-corrected chi connectivity index (χ3v) is 3.60. The van der Waals surface area contributed by atoms with Crippen LogP contribution in [0.1, 0.15) is 24.5 Å². The van der Waals surface area contributed by atoms with E-state index in [1.165, 1.54) is 6.07 Å². The maximum Gasteiger partial charge on any atom is 0.126 e. The Bertz CT molecular complexity index is 610. The molecule has 0 amide bonds. The molecule has 112 valence electrons. The van der Waals surface area contributed by atoms with Crippen molar-refractivity contribution < 1.29 is 9.13 Å². The summed E-state index contributed by atoms with van der Waals surface area (Å²) in [5, 5.41) is 3.38. The molecule has 3 heteroatoms. The molecular weight excluding hydrogens is 265 g/mol. The largest absolute Gasteiger partial charge is 0.496 e. The molecule has 0 unspecified atom stereocenters. The number of benzene rings is 2. The zero-order valence-electron chi connectivity index (χ0n) is 12.9. The number of halogens is 1. The lowest BCUT2D eigenvalue weighted by Gasteiger charge is -2.13. The van der Waals surface area contributed by atoms with Gasteiger partial charge in [-0.3, -0.25) is 0 Å². The number of hydrogen-bond donors (Lipinski definition) is 1. The van der Waals surface area contributed by atoms with Crippen molar-refractivity contribution in [2.24, 2.45) is 0 Å². The smallest absolute Gasteiger partial charge is 0.126 e. The molecule has 0 aliphatic carbocycles. The molecule has 0 aliphatic rings. The van der Waals surface area contributed by atoms with Crippen molar-refractivity contribution in [3.63, 3.8) is 0 Å². The Balaban J connectivity index is 2.36. The standard InChI is InChI=1S/C18H22FNO/c1-4-10-20-12-15-11-14(8-9-18(15)21-3)16-6-5-7-17(19)13(16)2/h5-9,11,20H,4,10,12H2,1-3H3. The first-order valence-corrected chi connectivity index (χ1v) is 7.30. The summed E-state index contributed by atoms with van der Waals surface area (Å²) in [6.07, 6.45) is 1.09. The van der Waals surface area contributed by atoms with Gasteiger partial charge in [0.2, 0.25) is 0 Å². The predicted octanol–water partition coefficient (Wildman–Crippen LogP) is 4.31. The second-order valence-electron chi connectivity index (χ2n) is 5.12. The Labute approximate surface area is 126 Å². The highest BCUT2D eigenvalue weighted by Crippen LogP contribution is 2.29. The zero-order valence-corrected chi connectivity index (χ0v) is 12.9. The highest BCUT2D eigenvalue weighted by atomic mass is 19.1. The van der Waals surface area contributed by atoms with Gasteiger partial charge in [-0.05, 0) is 54.8 Å². The van der Waals surface area contributed by atoms with Gasteiger partial charge in [-0.25, -0.2) is 4.39 Å². The summed E-state index contributed by atoms with van der Waals surface area (Å²) < 4.78 is 19.1. The van der Waals surface area contributed by atoms with Crippen molar-refractivity contribution in [3.05, 3.63) is 53.3 Å². The summed E-state index contributed by atoms with van der Waals surface area (Å²) in [6, 6.07) is 11.2. The number of nitrogens with one attached hydrogen (secondary N) is 1. The van der Waals surface area contributed by atoms with E-state index in [1.54, 1.807) is 13.2 Å². The normalized spacial score (nSPS) is 10.7. The lowest BCUT2D eigenvalue weighted by molar-refractivity contribution is 0.408. The van der Waals surface area contributed by atoms with E-state index in [0.29, 0.717) is 5.56 Å². The van der Waals surface area contributed by atoms with Gasteiger partial charge >= 0.3 is 0 Å². The molecule has 2 aromatic rings. The van der Waals surface area contributed by atoms with Crippen LogP contribution in [-0.2, 0) is 6.54 Å². The topological polar surface area (TPSA) is 21.3 Å². The highest BCUT2D eigenvalue weighted by Gasteiger charge is 2.09. The Hall–Kier alpha value is -1.87. The van der Waals surface area contributed by atoms with Gasteiger partial charge in [0.1, 0.15) is 11.6 Å². The quantitative estimate of drug-likeness (QED) is 0.799. The van der Waals surface area contributed by atoms with Crippen molar-refractivity contribution in [1.29, 1.82) is 0 Å². The minimum atomic E-state index is -0.172. The molecule has 0 saturated carbocycles. The fourth-order valence-electron chi connectivity index (χ4n) is 2.40. The third-order valence-electron chi connectivity index (χ3n) is 3.60. The van der Waals surface area contributed by atoms with Gasteiger partial charge < -0.3 is 10.1 Å². The Morgan fingerprint density at radius 2 is 2.00 bits per heavy atom. The van der Waals surface area contributed by atoms with Gasteiger partial charge in [0.05, 0.1) is 7.11 Å². The Kier molecular flexibility index (Phi) is 5.34. The third kappa shape index (κ3) is 3.61. The van der Waals surface area contributed by atoms with Crippen LogP contribution in [0.3, 0.4) is 0 Å². The molecule has 1 N–H and O–H groups in total. The van der Waals surface area contributed by atoms with Gasteiger partial charge in [0.15, 0.2) is 0 Å². The molecule has 0 bridgehead atoms. The average Bonchev–Trinajstić information content (AvgIpc) is 2.50. The van der Waals surface area contributed by atoms with Crippen LogP contribution in [0.25, 0.3) is 11.1 Å². The summed E-state index contributed by atoms with van der Waals surface area (Å²) in [4.78, 5) is 0. The maximum atomic E-state index is 13.7. The first-order chi connectivity index (χ1) is 10.2. The number of methoxy groups -OCH3 is 1. The van der Waals surface area contributed by atoms with E-state index >= 15 is 0 Å². The van der Waals surface area contributed by atoms with Crippen LogP contribution in [-0.4, -0.2) is 13.7 Å². The Morgan fingerprint density at radius 3 is 2.71 bits per heavy atom. The van der Waals surface area contributed by atoms with Gasteiger partial charge in [-0.1, -0.05) is 25.1 Å². The van der Waals surface area contributed by atoms with Crippen LogP contribution >= 0.6 is 0 Å². The van der Waals surface area contributed by atoms with Gasteiger partial charge in [0.25, 0.3) is 0 Å². The molecule has 2 nitrogen and oxygen atoms in total. The van der Waals surface area contributed by atoms with E-state index in [9.17, 15) is 4.39 Å². The molecule has 0 saturated heterocycles. The van der Waals surface area contributed by atoms with E-state index in [1.807, 2.05) is 25.1 Å². The molecule has 21 heavy (non-hydrogen) atoms. The highest BCUT2D eigenvalue weighted by molar-refractivity contribution is 5.69. The van der Waals surface area contributed by atoms with Gasteiger partial charge in [-0.2, -0.15) is 0 Å². The summed E-state index contributed by atoms with van der Waals surface area (Å²) in [7, 11) is 1.67. The molecule has 0 radical (unpaired) electrons. The van der Waals surface area contributed by atoms with Gasteiger partial charge in [0, 0.05) is 12.1 Å². The average molecular weight is 287 g/mol. The molecule has 0 spiro atoms. The SMILES string of the molecule is CCCNCc1cc(-c2cccc(F)c2C)ccc1OC. The molecule has 0 fully saturated rings. The van der Waals surface area contributed by atoms with Crippen LogP contribution in [0.4, 0.5) is 4.39 Å². The lowest BCUT2D eigenvalue weighted by atomic mass is 9.98. The predicted molar refractivity (Wildman–Crippen MR) is 85.1 cm³/mol. The van der Waals surface area contributed by atoms with Crippen molar-refractivity contribution in [1.82, 2.24) is 5.32 Å². The van der Waals surface area contributed by atoms with E-state index in [-0.39, 0.29) is 5.82 Å². The fraction of sp³-hybridized carbons (Fsp3) is 0.333. The summed E-state index contributed by atoms with van der Waals surface area (Å²) in [6.45, 7) is 5.66. The fourth-order valence-corrected chi connectivity index (χ4v) is 2.40. The molecule has 2 rings (SSSR count). The molecule has 0 aromatic heterocycles. The molecule has 0 heterocycles. The molecule has 2 aromatic carbocycles. The monoisotopic (exact) mass is 287 g/mol. The van der Waals surface area contributed by atoms with E-state index in [0.717, 1.165) is 42.0 Å². The van der Waals surface area contributed by atoms with E-state index < -0.39 is 0 Å². The number of hydrogen-bond acceptors (Lipinski definition) is 2. The van der Waals surface area contributed by atoms with Crippen LogP contribution < -0.4 is 10.1 Å². The van der Waals surface area contributed by atoms with E-state index in [2.05, 4.69) is 18.3 Å². The van der Waals surface area contributed by atoms with Crippen molar-refractivity contribution in [3.8, 4) is 16.9 Å². The maximum absolute atomic E-state index is 13.7. The number of rotatable bonds is 6. The van der Waals surface area contributed by atoms with Gasteiger partial charge in [-0.15, -0.1) is 0 Å². The Morgan fingerprint density at radius 1 is 1.19 bits per heavy atom. The molecule has 0 aliphatic heterocycles. The second-order valence-corrected chi connectivity index (χ2v) is 5.12. The van der Waals surface area contributed by atoms with Crippen LogP contribution in [0.2, 0.25) is 0 Å². The minimum Gasteiger partial charge on any atom is -0.496 e. The minimum absolute atomic E-state index is 0.172. The summed E-state index contributed by atoms with van der Waals surface area (Å²) in [5.74, 6) is 0.686. The first-order valence-electron chi connectivity index (χ1n) is 7.30. The van der Waals surface area contributed by atoms with Crippen LogP contribution in [0.5, 0.6) is 5.75 Å². The van der Waals surface area contributed by atoms with E-state index in [4.69, 9.17) is 4.74 Å². The molecule has 0 atom stereocenters. The lowest BCUT2D eigenvalue weighted by Crippen LogP contribution is -2.14. The summed E-state index contributed by atoms with van der Waals surface area (Å²) >= 11 is 0. The molecular formula is C18H22FNO. The van der Waals surface area contributed by atoms with Crippen LogP contribution in [0.15, 0.2) is 36.4 Å². The van der Waals surface area contributed by atoms with Crippen LogP contribution in [0, 0.1) is 12.7 Å². The summed E-state index contributed by atoms with van der Waals surface area (Å²) in [5.41, 5.74) is 3.71.